The molecule has 0 radical (unpaired) electrons. The lowest BCUT2D eigenvalue weighted by Crippen LogP contribution is -2.24. The first kappa shape index (κ1) is 25.2. The number of fused-ring (bicyclic) bond motifs is 3. The van der Waals surface area contributed by atoms with E-state index in [0.29, 0.717) is 22.3 Å². The minimum Gasteiger partial charge on any atom is -0.366 e. The number of aryl methyl sites for hydroxylation is 3. The number of aromatic nitrogens is 2. The zero-order chi connectivity index (χ0) is 26.3. The molecule has 2 amide bonds. The van der Waals surface area contributed by atoms with Gasteiger partial charge in [-0.05, 0) is 86.1 Å². The summed E-state index contributed by atoms with van der Waals surface area (Å²) in [4.78, 5) is 45.0. The van der Waals surface area contributed by atoms with Gasteiger partial charge >= 0.3 is 0 Å². The van der Waals surface area contributed by atoms with Crippen molar-refractivity contribution in [2.24, 2.45) is 11.7 Å². The van der Waals surface area contributed by atoms with Gasteiger partial charge in [0.25, 0.3) is 5.56 Å². The van der Waals surface area contributed by atoms with Crippen LogP contribution < -0.4 is 16.6 Å². The van der Waals surface area contributed by atoms with Crippen molar-refractivity contribution in [3.05, 3.63) is 79.9 Å². The number of thiophene rings is 1. The van der Waals surface area contributed by atoms with Crippen molar-refractivity contribution in [2.45, 2.75) is 45.2 Å². The number of benzene rings is 2. The van der Waals surface area contributed by atoms with Gasteiger partial charge in [-0.3, -0.25) is 19.0 Å². The van der Waals surface area contributed by atoms with E-state index in [1.807, 2.05) is 32.0 Å². The van der Waals surface area contributed by atoms with E-state index in [4.69, 9.17) is 10.7 Å². The number of nitrogens with two attached hydrogens (primary N) is 1. The van der Waals surface area contributed by atoms with Crippen molar-refractivity contribution in [2.75, 3.05) is 11.1 Å². The van der Waals surface area contributed by atoms with Gasteiger partial charge < -0.3 is 11.1 Å². The van der Waals surface area contributed by atoms with Crippen LogP contribution in [-0.4, -0.2) is 27.1 Å². The summed E-state index contributed by atoms with van der Waals surface area (Å²) in [6, 6.07) is 12.4. The van der Waals surface area contributed by atoms with Gasteiger partial charge in [0.15, 0.2) is 5.16 Å². The summed E-state index contributed by atoms with van der Waals surface area (Å²) >= 11 is 2.85. The molecule has 0 fully saturated rings. The lowest BCUT2D eigenvalue weighted by molar-refractivity contribution is -0.113. The topological polar surface area (TPSA) is 107 Å². The number of nitrogens with zero attached hydrogens (tertiary/aromatic N) is 2. The molecular formula is C28H28N4O3S2. The largest absolute Gasteiger partial charge is 0.366 e. The first-order valence-corrected chi connectivity index (χ1v) is 14.0. The Labute approximate surface area is 223 Å². The minimum atomic E-state index is -0.524. The molecule has 2 heterocycles. The summed E-state index contributed by atoms with van der Waals surface area (Å²) < 4.78 is 1.68. The van der Waals surface area contributed by atoms with Gasteiger partial charge in [-0.1, -0.05) is 30.8 Å². The predicted octanol–water partition coefficient (Wildman–Crippen LogP) is 5.02. The Morgan fingerprint density at radius 3 is 2.68 bits per heavy atom. The molecule has 9 heteroatoms. The first-order valence-electron chi connectivity index (χ1n) is 12.2. The average molecular weight is 533 g/mol. The molecule has 7 nitrogen and oxygen atoms in total. The second-order valence-corrected chi connectivity index (χ2v) is 11.7. The van der Waals surface area contributed by atoms with Crippen molar-refractivity contribution in [3.63, 3.8) is 0 Å². The number of thioether (sulfide) groups is 1. The van der Waals surface area contributed by atoms with E-state index in [2.05, 4.69) is 12.2 Å². The van der Waals surface area contributed by atoms with E-state index in [0.717, 1.165) is 51.9 Å². The normalized spacial score (nSPS) is 14.9. The van der Waals surface area contributed by atoms with Crippen LogP contribution in [0.15, 0.2) is 52.4 Å². The maximum Gasteiger partial charge on any atom is 0.267 e. The Morgan fingerprint density at radius 2 is 1.95 bits per heavy atom. The molecule has 0 saturated carbocycles. The number of amides is 2. The van der Waals surface area contributed by atoms with Crippen LogP contribution in [0.25, 0.3) is 15.9 Å². The molecule has 4 aromatic rings. The number of carbonyl (C=O) groups is 2. The van der Waals surface area contributed by atoms with Crippen molar-refractivity contribution in [1.82, 2.24) is 9.55 Å². The number of hydrogen-bond acceptors (Lipinski definition) is 6. The minimum absolute atomic E-state index is 0.0719. The van der Waals surface area contributed by atoms with Crippen LogP contribution in [0.1, 0.15) is 45.3 Å². The molecule has 0 spiro atoms. The van der Waals surface area contributed by atoms with Crippen LogP contribution in [-0.2, 0) is 17.6 Å². The number of primary amides is 1. The highest BCUT2D eigenvalue weighted by molar-refractivity contribution is 7.99. The van der Waals surface area contributed by atoms with Gasteiger partial charge in [0.1, 0.15) is 4.83 Å². The molecule has 1 aliphatic rings. The third-order valence-electron chi connectivity index (χ3n) is 6.69. The fourth-order valence-corrected chi connectivity index (χ4v) is 6.92. The summed E-state index contributed by atoms with van der Waals surface area (Å²) in [5.41, 5.74) is 10.1. The van der Waals surface area contributed by atoms with E-state index in [1.165, 1.54) is 16.6 Å². The maximum atomic E-state index is 14.0. The highest BCUT2D eigenvalue weighted by Gasteiger charge is 2.26. The molecule has 1 aliphatic carbocycles. The Bertz CT molecular complexity index is 1590. The molecule has 1 atom stereocenters. The van der Waals surface area contributed by atoms with E-state index < -0.39 is 5.91 Å². The molecule has 0 unspecified atom stereocenters. The summed E-state index contributed by atoms with van der Waals surface area (Å²) in [6.45, 7) is 6.22. The Morgan fingerprint density at radius 1 is 1.19 bits per heavy atom. The number of nitrogens with one attached hydrogen (secondary N) is 1. The molecule has 37 heavy (non-hydrogen) atoms. The zero-order valence-corrected chi connectivity index (χ0v) is 22.6. The quantitative estimate of drug-likeness (QED) is 0.268. The van der Waals surface area contributed by atoms with Crippen molar-refractivity contribution >= 4 is 50.8 Å². The Kier molecular flexibility index (Phi) is 6.92. The van der Waals surface area contributed by atoms with Crippen molar-refractivity contribution in [1.29, 1.82) is 0 Å². The second-order valence-electron chi connectivity index (χ2n) is 9.64. The van der Waals surface area contributed by atoms with E-state index in [1.54, 1.807) is 40.2 Å². The third-order valence-corrected chi connectivity index (χ3v) is 8.78. The van der Waals surface area contributed by atoms with Crippen LogP contribution in [0.4, 0.5) is 5.69 Å². The molecular weight excluding hydrogens is 504 g/mol. The number of rotatable bonds is 6. The van der Waals surface area contributed by atoms with Crippen LogP contribution in [0.2, 0.25) is 0 Å². The molecule has 0 aliphatic heterocycles. The predicted molar refractivity (Wildman–Crippen MR) is 150 cm³/mol. The summed E-state index contributed by atoms with van der Waals surface area (Å²) in [7, 11) is 0. The van der Waals surface area contributed by atoms with Gasteiger partial charge in [0.05, 0.1) is 16.8 Å². The van der Waals surface area contributed by atoms with Crippen LogP contribution in [0.3, 0.4) is 0 Å². The Hall–Kier alpha value is -3.43. The summed E-state index contributed by atoms with van der Waals surface area (Å²) in [5.74, 6) is -0.0962. The monoisotopic (exact) mass is 532 g/mol. The van der Waals surface area contributed by atoms with Gasteiger partial charge in [0, 0.05) is 16.1 Å². The fourth-order valence-electron chi connectivity index (χ4n) is 4.69. The SMILES string of the molecule is Cc1ccc(C)c(-n2c(SCC(=O)Nc3ccc(C(N)=O)cc3)nc3sc4c(c3c2=O)CC[C@H](C)C4)c1. The van der Waals surface area contributed by atoms with Crippen molar-refractivity contribution in [3.8, 4) is 5.69 Å². The highest BCUT2D eigenvalue weighted by Crippen LogP contribution is 2.37. The zero-order valence-electron chi connectivity index (χ0n) is 21.0. The number of anilines is 1. The first-order chi connectivity index (χ1) is 17.7. The van der Waals surface area contributed by atoms with Crippen LogP contribution in [0.5, 0.6) is 0 Å². The molecule has 2 aromatic heterocycles. The van der Waals surface area contributed by atoms with E-state index in [9.17, 15) is 14.4 Å². The maximum absolute atomic E-state index is 14.0. The molecule has 3 N–H and O–H groups in total. The second kappa shape index (κ2) is 10.1. The molecule has 2 aromatic carbocycles. The van der Waals surface area contributed by atoms with Gasteiger partial charge in [0.2, 0.25) is 11.8 Å². The van der Waals surface area contributed by atoms with Gasteiger partial charge in [-0.25, -0.2) is 4.98 Å². The number of carbonyl (C=O) groups excluding carboxylic acids is 2. The lowest BCUT2D eigenvalue weighted by atomic mass is 9.89. The van der Waals surface area contributed by atoms with Crippen LogP contribution in [0, 0.1) is 19.8 Å². The average Bonchev–Trinajstić information content (AvgIpc) is 3.22. The Balaban J connectivity index is 1.51. The fraction of sp³-hybridized carbons (Fsp3) is 0.286. The summed E-state index contributed by atoms with van der Waals surface area (Å²) in [6.07, 6.45) is 2.93. The van der Waals surface area contributed by atoms with Crippen LogP contribution >= 0.6 is 23.1 Å². The van der Waals surface area contributed by atoms with Crippen molar-refractivity contribution < 1.29 is 9.59 Å². The highest BCUT2D eigenvalue weighted by atomic mass is 32.2. The molecule has 5 rings (SSSR count). The lowest BCUT2D eigenvalue weighted by Gasteiger charge is -2.18. The molecule has 190 valence electrons. The molecule has 0 saturated heterocycles. The van der Waals surface area contributed by atoms with Gasteiger partial charge in [-0.15, -0.1) is 11.3 Å². The third kappa shape index (κ3) is 5.06. The van der Waals surface area contributed by atoms with Gasteiger partial charge in [-0.2, -0.15) is 0 Å². The van der Waals surface area contributed by atoms with E-state index in [-0.39, 0.29) is 17.2 Å². The smallest absolute Gasteiger partial charge is 0.267 e. The molecule has 0 bridgehead atoms. The standard InChI is InChI=1S/C28H28N4O3S2/c1-15-4-6-17(3)21(12-15)32-27(35)24-20-11-5-16(2)13-22(20)37-26(24)31-28(32)36-14-23(33)30-19-9-7-18(8-10-19)25(29)34/h4,6-10,12,16H,5,11,13-14H2,1-3H3,(H2,29,34)(H,30,33)/t16-/m0/s1. The van der Waals surface area contributed by atoms with E-state index >= 15 is 0 Å². The number of hydrogen-bond donors (Lipinski definition) is 2. The summed E-state index contributed by atoms with van der Waals surface area (Å²) in [5, 5.41) is 4.05.